The molecule has 8 nitrogen and oxygen atoms in total. The second-order valence-electron chi connectivity index (χ2n) is 7.89. The highest BCUT2D eigenvalue weighted by Gasteiger charge is 2.23. The normalized spacial score (nSPS) is 13.4. The molecule has 0 spiro atoms. The Morgan fingerprint density at radius 1 is 1.16 bits per heavy atom. The summed E-state index contributed by atoms with van der Waals surface area (Å²) in [5.41, 5.74) is 2.92. The Morgan fingerprint density at radius 2 is 1.81 bits per heavy atom. The second kappa shape index (κ2) is 9.67. The summed E-state index contributed by atoms with van der Waals surface area (Å²) in [7, 11) is 3.35. The smallest absolute Gasteiger partial charge is 0.239 e. The van der Waals surface area contributed by atoms with E-state index in [9.17, 15) is 14.9 Å². The van der Waals surface area contributed by atoms with Crippen LogP contribution in [0.4, 0.5) is 5.82 Å². The number of ether oxygens (including phenoxy) is 1. The third-order valence-electron chi connectivity index (χ3n) is 5.69. The van der Waals surface area contributed by atoms with Gasteiger partial charge in [-0.2, -0.15) is 5.26 Å². The molecule has 3 rings (SSSR count). The first kappa shape index (κ1) is 22.4. The van der Waals surface area contributed by atoms with E-state index in [1.807, 2.05) is 47.6 Å². The molecular formula is C23H29N5O3. The molecule has 1 aliphatic rings. The molecule has 31 heavy (non-hydrogen) atoms. The van der Waals surface area contributed by atoms with Gasteiger partial charge in [0.1, 0.15) is 17.6 Å². The number of nitrogens with zero attached hydrogens (tertiary/aromatic N) is 4. The van der Waals surface area contributed by atoms with Crippen LogP contribution in [0.3, 0.4) is 0 Å². The first-order valence-corrected chi connectivity index (χ1v) is 10.4. The number of amides is 2. The minimum Gasteiger partial charge on any atom is -0.497 e. The Hall–Kier alpha value is -3.31. The van der Waals surface area contributed by atoms with Crippen LogP contribution in [-0.4, -0.2) is 66.5 Å². The van der Waals surface area contributed by atoms with Crippen molar-refractivity contribution in [2.45, 2.75) is 26.7 Å². The first-order valence-electron chi connectivity index (χ1n) is 10.4. The van der Waals surface area contributed by atoms with E-state index in [-0.39, 0.29) is 24.9 Å². The van der Waals surface area contributed by atoms with E-state index >= 15 is 0 Å². The van der Waals surface area contributed by atoms with Gasteiger partial charge >= 0.3 is 0 Å². The minimum atomic E-state index is -0.277. The number of nitrogens with one attached hydrogen (secondary N) is 1. The predicted octanol–water partition coefficient (Wildman–Crippen LogP) is 2.47. The lowest BCUT2D eigenvalue weighted by atomic mass is 10.2. The standard InChI is InChI=1S/C23H29N5O3/c1-16-17(2)28(18-7-9-19(31-4)10-8-18)23(20(16)13-24)25-21(29)14-26(3)15-22(30)27-11-5-6-12-27/h7-10H,5-6,11-12,14-15H2,1-4H3,(H,25,29). The van der Waals surface area contributed by atoms with Gasteiger partial charge in [-0.3, -0.25) is 19.1 Å². The molecule has 0 bridgehead atoms. The molecule has 0 unspecified atom stereocenters. The van der Waals surface area contributed by atoms with Crippen LogP contribution in [0.15, 0.2) is 24.3 Å². The van der Waals surface area contributed by atoms with Gasteiger partial charge in [-0.1, -0.05) is 0 Å². The summed E-state index contributed by atoms with van der Waals surface area (Å²) >= 11 is 0. The van der Waals surface area contributed by atoms with Gasteiger partial charge in [0.15, 0.2) is 0 Å². The van der Waals surface area contributed by atoms with E-state index in [1.165, 1.54) is 0 Å². The predicted molar refractivity (Wildman–Crippen MR) is 118 cm³/mol. The molecule has 1 saturated heterocycles. The Morgan fingerprint density at radius 3 is 2.39 bits per heavy atom. The van der Waals surface area contributed by atoms with Gasteiger partial charge in [0.05, 0.1) is 25.8 Å². The lowest BCUT2D eigenvalue weighted by Crippen LogP contribution is -2.40. The average Bonchev–Trinajstić information content (AvgIpc) is 3.36. The number of aromatic nitrogens is 1. The molecule has 2 heterocycles. The molecule has 1 fully saturated rings. The molecule has 2 amide bonds. The maximum atomic E-state index is 12.8. The molecular weight excluding hydrogens is 394 g/mol. The van der Waals surface area contributed by atoms with Crippen molar-refractivity contribution in [2.24, 2.45) is 0 Å². The quantitative estimate of drug-likeness (QED) is 0.739. The molecule has 1 aromatic heterocycles. The van der Waals surface area contributed by atoms with Crippen LogP contribution in [-0.2, 0) is 9.59 Å². The second-order valence-corrected chi connectivity index (χ2v) is 7.89. The van der Waals surface area contributed by atoms with Crippen LogP contribution >= 0.6 is 0 Å². The van der Waals surface area contributed by atoms with Crippen molar-refractivity contribution in [3.05, 3.63) is 41.1 Å². The summed E-state index contributed by atoms with van der Waals surface area (Å²) in [6, 6.07) is 9.63. The monoisotopic (exact) mass is 423 g/mol. The van der Waals surface area contributed by atoms with E-state index in [2.05, 4.69) is 11.4 Å². The zero-order valence-electron chi connectivity index (χ0n) is 18.6. The molecule has 0 saturated carbocycles. The van der Waals surface area contributed by atoms with Gasteiger partial charge in [0, 0.05) is 24.5 Å². The van der Waals surface area contributed by atoms with Crippen LogP contribution < -0.4 is 10.1 Å². The van der Waals surface area contributed by atoms with Crippen molar-refractivity contribution in [3.63, 3.8) is 0 Å². The maximum Gasteiger partial charge on any atom is 0.239 e. The van der Waals surface area contributed by atoms with Gasteiger partial charge in [-0.25, -0.2) is 0 Å². The molecule has 1 aromatic carbocycles. The molecule has 0 radical (unpaired) electrons. The third kappa shape index (κ3) is 4.89. The number of nitriles is 1. The molecule has 1 aliphatic heterocycles. The van der Waals surface area contributed by atoms with Crippen molar-refractivity contribution in [2.75, 3.05) is 45.7 Å². The summed E-state index contributed by atoms with van der Waals surface area (Å²) in [6.45, 7) is 5.60. The zero-order valence-corrected chi connectivity index (χ0v) is 18.6. The number of carbonyl (C=O) groups is 2. The van der Waals surface area contributed by atoms with Crippen LogP contribution in [0.5, 0.6) is 5.75 Å². The number of likely N-dealkylation sites (tertiary alicyclic amines) is 1. The molecule has 1 N–H and O–H groups in total. The summed E-state index contributed by atoms with van der Waals surface area (Å²) < 4.78 is 7.09. The summed E-state index contributed by atoms with van der Waals surface area (Å²) in [6.07, 6.45) is 2.07. The lowest BCUT2D eigenvalue weighted by Gasteiger charge is -2.21. The molecule has 0 aliphatic carbocycles. The third-order valence-corrected chi connectivity index (χ3v) is 5.69. The maximum absolute atomic E-state index is 12.8. The molecule has 8 heteroatoms. The molecule has 2 aromatic rings. The van der Waals surface area contributed by atoms with Gasteiger partial charge in [0.25, 0.3) is 0 Å². The van der Waals surface area contributed by atoms with E-state index < -0.39 is 0 Å². The van der Waals surface area contributed by atoms with Crippen molar-refractivity contribution in [1.29, 1.82) is 5.26 Å². The van der Waals surface area contributed by atoms with Crippen LogP contribution in [0.1, 0.15) is 29.7 Å². The van der Waals surface area contributed by atoms with E-state index in [1.54, 1.807) is 19.1 Å². The number of hydrogen-bond acceptors (Lipinski definition) is 5. The first-order chi connectivity index (χ1) is 14.8. The van der Waals surface area contributed by atoms with Gasteiger partial charge in [-0.05, 0) is 63.6 Å². The minimum absolute atomic E-state index is 0.0406. The van der Waals surface area contributed by atoms with Crippen molar-refractivity contribution in [3.8, 4) is 17.5 Å². The van der Waals surface area contributed by atoms with E-state index in [0.717, 1.165) is 48.6 Å². The fourth-order valence-electron chi connectivity index (χ4n) is 3.89. The highest BCUT2D eigenvalue weighted by Crippen LogP contribution is 2.30. The Bertz CT molecular complexity index is 998. The largest absolute Gasteiger partial charge is 0.497 e. The summed E-state index contributed by atoms with van der Waals surface area (Å²) in [4.78, 5) is 28.6. The number of carbonyl (C=O) groups excluding carboxylic acids is 2. The van der Waals surface area contributed by atoms with Crippen molar-refractivity contribution >= 4 is 17.6 Å². The van der Waals surface area contributed by atoms with E-state index in [0.29, 0.717) is 11.4 Å². The lowest BCUT2D eigenvalue weighted by molar-refractivity contribution is -0.131. The molecule has 164 valence electrons. The SMILES string of the molecule is COc1ccc(-n2c(C)c(C)c(C#N)c2NC(=O)CN(C)CC(=O)N2CCCC2)cc1. The van der Waals surface area contributed by atoms with Gasteiger partial charge in [-0.15, -0.1) is 0 Å². The number of likely N-dealkylation sites (N-methyl/N-ethyl adjacent to an activating group) is 1. The Labute approximate surface area is 183 Å². The number of methoxy groups -OCH3 is 1. The van der Waals surface area contributed by atoms with Crippen LogP contribution in [0.2, 0.25) is 0 Å². The topological polar surface area (TPSA) is 90.6 Å². The number of anilines is 1. The summed E-state index contributed by atoms with van der Waals surface area (Å²) in [5.74, 6) is 0.923. The average molecular weight is 424 g/mol. The van der Waals surface area contributed by atoms with E-state index in [4.69, 9.17) is 4.74 Å². The Balaban J connectivity index is 1.78. The highest BCUT2D eigenvalue weighted by atomic mass is 16.5. The van der Waals surface area contributed by atoms with Crippen molar-refractivity contribution < 1.29 is 14.3 Å². The highest BCUT2D eigenvalue weighted by molar-refractivity contribution is 5.94. The fourth-order valence-corrected chi connectivity index (χ4v) is 3.89. The number of rotatable bonds is 7. The van der Waals surface area contributed by atoms with Gasteiger partial charge in [0.2, 0.25) is 11.8 Å². The molecule has 0 atom stereocenters. The van der Waals surface area contributed by atoms with Gasteiger partial charge < -0.3 is 15.0 Å². The Kier molecular flexibility index (Phi) is 6.98. The summed E-state index contributed by atoms with van der Waals surface area (Å²) in [5, 5.41) is 12.6. The number of benzene rings is 1. The zero-order chi connectivity index (χ0) is 22.5. The van der Waals surface area contributed by atoms with Crippen molar-refractivity contribution in [1.82, 2.24) is 14.4 Å². The fraction of sp³-hybridized carbons (Fsp3) is 0.435. The van der Waals surface area contributed by atoms with Crippen LogP contribution in [0.25, 0.3) is 5.69 Å². The number of hydrogen-bond donors (Lipinski definition) is 1. The van der Waals surface area contributed by atoms with Crippen LogP contribution in [0, 0.1) is 25.2 Å².